The van der Waals surface area contributed by atoms with E-state index in [2.05, 4.69) is 10.0 Å². The number of sulfonamides is 1. The predicted octanol–water partition coefficient (Wildman–Crippen LogP) is 3.85. The van der Waals surface area contributed by atoms with Crippen molar-refractivity contribution < 1.29 is 22.7 Å². The Morgan fingerprint density at radius 1 is 1.03 bits per heavy atom. The average molecular weight is 453 g/mol. The highest BCUT2D eigenvalue weighted by Crippen LogP contribution is 2.32. The lowest BCUT2D eigenvalue weighted by Gasteiger charge is -2.20. The number of anilines is 1. The van der Waals surface area contributed by atoms with E-state index in [4.69, 9.17) is 4.74 Å². The maximum atomic E-state index is 12.4. The summed E-state index contributed by atoms with van der Waals surface area (Å²) in [6.45, 7) is 7.66. The maximum Gasteiger partial charge on any atom is 0.307 e. The van der Waals surface area contributed by atoms with E-state index < -0.39 is 28.5 Å². The SMILES string of the molecule is CC(C)c1cccc(C(C)C)c1NC(=O)COC(=O)CCNS(=O)(=O)c1cccs1. The van der Waals surface area contributed by atoms with E-state index in [9.17, 15) is 18.0 Å². The highest BCUT2D eigenvalue weighted by atomic mass is 32.2. The van der Waals surface area contributed by atoms with Gasteiger partial charge in [-0.15, -0.1) is 11.3 Å². The van der Waals surface area contributed by atoms with Crippen LogP contribution in [0.4, 0.5) is 5.69 Å². The van der Waals surface area contributed by atoms with Crippen molar-refractivity contribution in [3.63, 3.8) is 0 Å². The van der Waals surface area contributed by atoms with Gasteiger partial charge in [0.2, 0.25) is 10.0 Å². The third-order valence-corrected chi connectivity index (χ3v) is 7.24. The van der Waals surface area contributed by atoms with E-state index in [-0.39, 0.29) is 29.0 Å². The van der Waals surface area contributed by atoms with Crippen LogP contribution in [-0.2, 0) is 24.3 Å². The van der Waals surface area contributed by atoms with Crippen molar-refractivity contribution in [1.82, 2.24) is 4.72 Å². The van der Waals surface area contributed by atoms with Gasteiger partial charge in [-0.2, -0.15) is 0 Å². The van der Waals surface area contributed by atoms with Crippen LogP contribution < -0.4 is 10.0 Å². The number of ether oxygens (including phenoxy) is 1. The Balaban J connectivity index is 1.87. The van der Waals surface area contributed by atoms with E-state index >= 15 is 0 Å². The summed E-state index contributed by atoms with van der Waals surface area (Å²) in [6, 6.07) is 9.03. The molecule has 0 radical (unpaired) electrons. The van der Waals surface area contributed by atoms with Crippen molar-refractivity contribution in [3.8, 4) is 0 Å². The van der Waals surface area contributed by atoms with E-state index in [0.717, 1.165) is 28.2 Å². The second-order valence-corrected chi connectivity index (χ2v) is 10.4. The van der Waals surface area contributed by atoms with Crippen LogP contribution in [0.15, 0.2) is 39.9 Å². The van der Waals surface area contributed by atoms with Crippen LogP contribution in [0.1, 0.15) is 57.1 Å². The fraction of sp³-hybridized carbons (Fsp3) is 0.429. The Kier molecular flexibility index (Phi) is 8.57. The molecule has 0 bridgehead atoms. The van der Waals surface area contributed by atoms with Crippen molar-refractivity contribution >= 4 is 38.9 Å². The summed E-state index contributed by atoms with van der Waals surface area (Å²) in [6.07, 6.45) is -0.169. The Morgan fingerprint density at radius 2 is 1.67 bits per heavy atom. The fourth-order valence-electron chi connectivity index (χ4n) is 2.86. The maximum absolute atomic E-state index is 12.4. The summed E-state index contributed by atoms with van der Waals surface area (Å²) in [5.74, 6) is -0.645. The summed E-state index contributed by atoms with van der Waals surface area (Å²) in [4.78, 5) is 24.2. The van der Waals surface area contributed by atoms with Crippen LogP contribution >= 0.6 is 11.3 Å². The lowest BCUT2D eigenvalue weighted by molar-refractivity contribution is -0.147. The third kappa shape index (κ3) is 6.65. The molecule has 0 aliphatic carbocycles. The van der Waals surface area contributed by atoms with Gasteiger partial charge in [0.25, 0.3) is 5.91 Å². The highest BCUT2D eigenvalue weighted by Gasteiger charge is 2.18. The summed E-state index contributed by atoms with van der Waals surface area (Å²) < 4.78 is 31.5. The first-order valence-corrected chi connectivity index (χ1v) is 12.1. The largest absolute Gasteiger partial charge is 0.456 e. The molecular formula is C21H28N2O5S2. The van der Waals surface area contributed by atoms with Crippen molar-refractivity contribution in [2.24, 2.45) is 0 Å². The molecule has 164 valence electrons. The van der Waals surface area contributed by atoms with Crippen LogP contribution in [0.25, 0.3) is 0 Å². The van der Waals surface area contributed by atoms with Gasteiger partial charge >= 0.3 is 5.97 Å². The topological polar surface area (TPSA) is 102 Å². The first-order valence-electron chi connectivity index (χ1n) is 9.73. The van der Waals surface area contributed by atoms with Gasteiger partial charge < -0.3 is 10.1 Å². The zero-order chi connectivity index (χ0) is 22.3. The van der Waals surface area contributed by atoms with Crippen LogP contribution in [0.3, 0.4) is 0 Å². The molecule has 1 aromatic carbocycles. The third-order valence-electron chi connectivity index (χ3n) is 4.38. The summed E-state index contributed by atoms with van der Waals surface area (Å²) in [7, 11) is -3.63. The van der Waals surface area contributed by atoms with Crippen molar-refractivity contribution in [2.75, 3.05) is 18.5 Å². The molecule has 0 unspecified atom stereocenters. The Bertz CT molecular complexity index is 941. The normalized spacial score (nSPS) is 11.7. The number of hydrogen-bond acceptors (Lipinski definition) is 6. The number of rotatable bonds is 10. The molecule has 0 saturated heterocycles. The molecule has 1 aromatic heterocycles. The number of carbonyl (C=O) groups excluding carboxylic acids is 2. The molecule has 0 aliphatic heterocycles. The van der Waals surface area contributed by atoms with Gasteiger partial charge in [-0.05, 0) is 34.4 Å². The van der Waals surface area contributed by atoms with Crippen LogP contribution in [-0.4, -0.2) is 33.4 Å². The first kappa shape index (κ1) is 24.0. The van der Waals surface area contributed by atoms with Gasteiger partial charge in [0.1, 0.15) is 4.21 Å². The Morgan fingerprint density at radius 3 is 2.20 bits per heavy atom. The molecule has 2 N–H and O–H groups in total. The Labute approximate surface area is 181 Å². The molecule has 0 spiro atoms. The molecule has 0 atom stereocenters. The predicted molar refractivity (Wildman–Crippen MR) is 118 cm³/mol. The number of thiophene rings is 1. The zero-order valence-corrected chi connectivity index (χ0v) is 19.2. The fourth-order valence-corrected chi connectivity index (χ4v) is 4.93. The van der Waals surface area contributed by atoms with Crippen molar-refractivity contribution in [3.05, 3.63) is 46.8 Å². The molecule has 0 aliphatic rings. The van der Waals surface area contributed by atoms with E-state index in [1.807, 2.05) is 45.9 Å². The number of carbonyl (C=O) groups is 2. The molecular weight excluding hydrogens is 424 g/mol. The van der Waals surface area contributed by atoms with E-state index in [1.54, 1.807) is 11.4 Å². The van der Waals surface area contributed by atoms with Crippen LogP contribution in [0.5, 0.6) is 0 Å². The minimum atomic E-state index is -3.63. The molecule has 2 rings (SSSR count). The zero-order valence-electron chi connectivity index (χ0n) is 17.6. The van der Waals surface area contributed by atoms with Crippen LogP contribution in [0.2, 0.25) is 0 Å². The van der Waals surface area contributed by atoms with Gasteiger partial charge in [0.15, 0.2) is 6.61 Å². The molecule has 2 aromatic rings. The quantitative estimate of drug-likeness (QED) is 0.533. The molecule has 7 nitrogen and oxygen atoms in total. The number of para-hydroxylation sites is 1. The summed E-state index contributed by atoms with van der Waals surface area (Å²) in [5, 5.41) is 4.53. The smallest absolute Gasteiger partial charge is 0.307 e. The second kappa shape index (κ2) is 10.7. The molecule has 30 heavy (non-hydrogen) atoms. The Hall–Kier alpha value is -2.23. The molecule has 0 saturated carbocycles. The summed E-state index contributed by atoms with van der Waals surface area (Å²) >= 11 is 1.09. The molecule has 1 amide bonds. The average Bonchev–Trinajstić information content (AvgIpc) is 3.22. The number of hydrogen-bond donors (Lipinski definition) is 2. The van der Waals surface area contributed by atoms with Crippen molar-refractivity contribution in [1.29, 1.82) is 0 Å². The lowest BCUT2D eigenvalue weighted by atomic mass is 9.92. The van der Waals surface area contributed by atoms with Gasteiger partial charge in [-0.3, -0.25) is 9.59 Å². The van der Waals surface area contributed by atoms with E-state index in [1.165, 1.54) is 6.07 Å². The first-order chi connectivity index (χ1) is 14.1. The number of benzene rings is 1. The number of nitrogens with one attached hydrogen (secondary N) is 2. The standard InChI is InChI=1S/C21H28N2O5S2/c1-14(2)16-7-5-8-17(15(3)4)21(16)23-18(24)13-28-19(25)10-11-22-30(26,27)20-9-6-12-29-20/h5-9,12,14-15,22H,10-11,13H2,1-4H3,(H,23,24). The van der Waals surface area contributed by atoms with Gasteiger partial charge in [-0.25, -0.2) is 13.1 Å². The minimum absolute atomic E-state index is 0.103. The number of amides is 1. The van der Waals surface area contributed by atoms with Gasteiger partial charge in [0, 0.05) is 12.2 Å². The lowest BCUT2D eigenvalue weighted by Crippen LogP contribution is -2.27. The molecule has 1 heterocycles. The van der Waals surface area contributed by atoms with Crippen molar-refractivity contribution in [2.45, 2.75) is 50.2 Å². The number of esters is 1. The summed E-state index contributed by atoms with van der Waals surface area (Å²) in [5.41, 5.74) is 2.79. The monoisotopic (exact) mass is 452 g/mol. The highest BCUT2D eigenvalue weighted by molar-refractivity contribution is 7.91. The molecule has 0 fully saturated rings. The van der Waals surface area contributed by atoms with Gasteiger partial charge in [0.05, 0.1) is 6.42 Å². The second-order valence-electron chi connectivity index (χ2n) is 7.41. The van der Waals surface area contributed by atoms with E-state index in [0.29, 0.717) is 0 Å². The van der Waals surface area contributed by atoms with Crippen LogP contribution in [0, 0.1) is 0 Å². The molecule has 9 heteroatoms. The van der Waals surface area contributed by atoms with Gasteiger partial charge in [-0.1, -0.05) is 52.0 Å². The minimum Gasteiger partial charge on any atom is -0.456 e.